The molecule has 176 valence electrons. The molecule has 2 amide bonds. The molecule has 1 aliphatic heterocycles. The molecule has 1 aliphatic rings. The lowest BCUT2D eigenvalue weighted by Crippen LogP contribution is -2.36. The van der Waals surface area contributed by atoms with E-state index in [2.05, 4.69) is 22.0 Å². The highest BCUT2D eigenvalue weighted by Crippen LogP contribution is 2.27. The minimum absolute atomic E-state index is 0.00834. The first-order chi connectivity index (χ1) is 16.4. The maximum absolute atomic E-state index is 13.1. The Morgan fingerprint density at radius 3 is 2.74 bits per heavy atom. The van der Waals surface area contributed by atoms with Gasteiger partial charge in [-0.1, -0.05) is 42.5 Å². The van der Waals surface area contributed by atoms with Crippen molar-refractivity contribution in [2.75, 3.05) is 11.4 Å². The first-order valence-corrected chi connectivity index (χ1v) is 12.1. The molecule has 4 rings (SSSR count). The second-order valence-electron chi connectivity index (χ2n) is 8.51. The first kappa shape index (κ1) is 23.8. The molecule has 0 saturated carbocycles. The molecule has 0 fully saturated rings. The summed E-state index contributed by atoms with van der Waals surface area (Å²) in [5.74, 6) is -0.628. The van der Waals surface area contributed by atoms with Crippen LogP contribution in [0, 0.1) is 0 Å². The summed E-state index contributed by atoms with van der Waals surface area (Å²) < 4.78 is 0. The van der Waals surface area contributed by atoms with Gasteiger partial charge in [0.15, 0.2) is 5.01 Å². The predicted molar refractivity (Wildman–Crippen MR) is 134 cm³/mol. The van der Waals surface area contributed by atoms with Gasteiger partial charge in [-0.2, -0.15) is 0 Å². The molecule has 7 nitrogen and oxygen atoms in total. The fraction of sp³-hybridized carbons (Fsp3) is 0.269. The van der Waals surface area contributed by atoms with E-state index in [0.717, 1.165) is 46.9 Å². The van der Waals surface area contributed by atoms with Gasteiger partial charge in [-0.3, -0.25) is 19.7 Å². The summed E-state index contributed by atoms with van der Waals surface area (Å²) in [7, 11) is 0. The quantitative estimate of drug-likeness (QED) is 0.302. The Morgan fingerprint density at radius 2 is 2.00 bits per heavy atom. The fourth-order valence-corrected chi connectivity index (χ4v) is 5.12. The number of carbonyl (C=O) groups excluding carboxylic acids is 2. The van der Waals surface area contributed by atoms with Gasteiger partial charge in [0, 0.05) is 48.7 Å². The van der Waals surface area contributed by atoms with E-state index in [4.69, 9.17) is 5.21 Å². The van der Waals surface area contributed by atoms with Crippen LogP contribution >= 0.6 is 11.3 Å². The van der Waals surface area contributed by atoms with Crippen LogP contribution in [0.1, 0.15) is 45.3 Å². The Kier molecular flexibility index (Phi) is 7.52. The number of anilines is 1. The molecule has 0 radical (unpaired) electrons. The van der Waals surface area contributed by atoms with Crippen LogP contribution in [0.2, 0.25) is 0 Å². The molecule has 0 spiro atoms. The standard InChI is InChI=1S/C26H28N4O3S/c1-18(2)30(24(31)12-11-19-7-4-3-5-8-19)21-10-6-9-20(15-21)16-29-14-13-22-23(17-29)34-26(27-22)25(32)28-33/h3-12,15,18,33H,13-14,16-17H2,1-2H3,(H,28,32)/b12-11+. The third kappa shape index (κ3) is 5.59. The topological polar surface area (TPSA) is 85.8 Å². The molecule has 2 N–H and O–H groups in total. The molecule has 3 aromatic rings. The van der Waals surface area contributed by atoms with Gasteiger partial charge in [-0.05, 0) is 43.2 Å². The Hall–Kier alpha value is -3.33. The molecule has 0 bridgehead atoms. The number of hydrogen-bond acceptors (Lipinski definition) is 6. The first-order valence-electron chi connectivity index (χ1n) is 11.2. The fourth-order valence-electron chi connectivity index (χ4n) is 4.08. The van der Waals surface area contributed by atoms with Gasteiger partial charge in [0.05, 0.1) is 5.69 Å². The predicted octanol–water partition coefficient (Wildman–Crippen LogP) is 4.28. The number of hydroxylamine groups is 1. The number of aromatic nitrogens is 1. The number of thiazole rings is 1. The van der Waals surface area contributed by atoms with Crippen LogP contribution in [-0.2, 0) is 24.3 Å². The smallest absolute Gasteiger partial charge is 0.303 e. The van der Waals surface area contributed by atoms with Crippen molar-refractivity contribution in [2.24, 2.45) is 0 Å². The van der Waals surface area contributed by atoms with Gasteiger partial charge >= 0.3 is 5.91 Å². The molecule has 0 atom stereocenters. The van der Waals surface area contributed by atoms with Gasteiger partial charge in [0.25, 0.3) is 5.91 Å². The summed E-state index contributed by atoms with van der Waals surface area (Å²) in [6.07, 6.45) is 4.22. The highest BCUT2D eigenvalue weighted by atomic mass is 32.1. The van der Waals surface area contributed by atoms with E-state index in [0.29, 0.717) is 6.54 Å². The average molecular weight is 477 g/mol. The maximum Gasteiger partial charge on any atom is 0.303 e. The van der Waals surface area contributed by atoms with E-state index in [9.17, 15) is 9.59 Å². The molecule has 2 aromatic carbocycles. The number of amides is 2. The normalized spacial score (nSPS) is 13.8. The third-order valence-corrected chi connectivity index (χ3v) is 6.75. The zero-order chi connectivity index (χ0) is 24.1. The minimum Gasteiger partial charge on any atom is -0.306 e. The van der Waals surface area contributed by atoms with Crippen LogP contribution in [0.5, 0.6) is 0 Å². The van der Waals surface area contributed by atoms with Crippen LogP contribution in [-0.4, -0.2) is 39.5 Å². The van der Waals surface area contributed by atoms with Crippen molar-refractivity contribution in [3.05, 3.63) is 87.4 Å². The average Bonchev–Trinajstić information content (AvgIpc) is 3.26. The summed E-state index contributed by atoms with van der Waals surface area (Å²) in [5, 5.41) is 9.14. The monoisotopic (exact) mass is 476 g/mol. The number of nitrogens with one attached hydrogen (secondary N) is 1. The van der Waals surface area contributed by atoms with Crippen molar-refractivity contribution in [3.63, 3.8) is 0 Å². The molecule has 8 heteroatoms. The number of carbonyl (C=O) groups is 2. The second kappa shape index (κ2) is 10.7. The lowest BCUT2D eigenvalue weighted by molar-refractivity contribution is -0.114. The van der Waals surface area contributed by atoms with E-state index in [-0.39, 0.29) is 17.0 Å². The summed E-state index contributed by atoms with van der Waals surface area (Å²) in [6, 6.07) is 17.9. The zero-order valence-corrected chi connectivity index (χ0v) is 20.1. The second-order valence-corrected chi connectivity index (χ2v) is 9.59. The van der Waals surface area contributed by atoms with Crippen LogP contribution < -0.4 is 10.4 Å². The lowest BCUT2D eigenvalue weighted by Gasteiger charge is -2.28. The molecule has 0 unspecified atom stereocenters. The van der Waals surface area contributed by atoms with Crippen molar-refractivity contribution in [2.45, 2.75) is 39.4 Å². The summed E-state index contributed by atoms with van der Waals surface area (Å²) in [5.41, 5.74) is 5.55. The minimum atomic E-state index is -0.571. The Balaban J connectivity index is 1.47. The van der Waals surface area contributed by atoms with Crippen LogP contribution in [0.15, 0.2) is 60.7 Å². The molecule has 2 heterocycles. The molecular weight excluding hydrogens is 448 g/mol. The highest BCUT2D eigenvalue weighted by Gasteiger charge is 2.23. The molecule has 0 saturated heterocycles. The van der Waals surface area contributed by atoms with Gasteiger partial charge < -0.3 is 4.90 Å². The zero-order valence-electron chi connectivity index (χ0n) is 19.3. The van der Waals surface area contributed by atoms with Crippen LogP contribution in [0.4, 0.5) is 5.69 Å². The molecule has 0 aliphatic carbocycles. The highest BCUT2D eigenvalue weighted by molar-refractivity contribution is 7.13. The van der Waals surface area contributed by atoms with Crippen molar-refractivity contribution in [3.8, 4) is 0 Å². The van der Waals surface area contributed by atoms with Crippen molar-refractivity contribution < 1.29 is 14.8 Å². The van der Waals surface area contributed by atoms with E-state index < -0.39 is 5.91 Å². The SMILES string of the molecule is CC(C)N(C(=O)/C=C/c1ccccc1)c1cccc(CN2CCc3nc(C(=O)NO)sc3C2)c1. The van der Waals surface area contributed by atoms with E-state index in [1.54, 1.807) is 16.5 Å². The summed E-state index contributed by atoms with van der Waals surface area (Å²) in [4.78, 5) is 34.2. The molecule has 1 aromatic heterocycles. The van der Waals surface area contributed by atoms with Crippen molar-refractivity contribution in [1.82, 2.24) is 15.4 Å². The summed E-state index contributed by atoms with van der Waals surface area (Å²) >= 11 is 1.32. The van der Waals surface area contributed by atoms with E-state index in [1.807, 2.05) is 62.4 Å². The number of rotatable bonds is 7. The van der Waals surface area contributed by atoms with Crippen LogP contribution in [0.3, 0.4) is 0 Å². The van der Waals surface area contributed by atoms with Crippen molar-refractivity contribution in [1.29, 1.82) is 0 Å². The lowest BCUT2D eigenvalue weighted by atomic mass is 10.1. The number of hydrogen-bond donors (Lipinski definition) is 2. The number of benzene rings is 2. The van der Waals surface area contributed by atoms with E-state index in [1.165, 1.54) is 11.3 Å². The number of fused-ring (bicyclic) bond motifs is 1. The van der Waals surface area contributed by atoms with Gasteiger partial charge in [-0.15, -0.1) is 11.3 Å². The Bertz CT molecular complexity index is 1190. The number of nitrogens with zero attached hydrogens (tertiary/aromatic N) is 3. The Labute approximate surface area is 203 Å². The summed E-state index contributed by atoms with van der Waals surface area (Å²) in [6.45, 7) is 6.27. The van der Waals surface area contributed by atoms with Gasteiger partial charge in [0.1, 0.15) is 0 Å². The van der Waals surface area contributed by atoms with Crippen molar-refractivity contribution >= 4 is 34.9 Å². The largest absolute Gasteiger partial charge is 0.306 e. The molecular formula is C26H28N4O3S. The maximum atomic E-state index is 13.1. The molecule has 34 heavy (non-hydrogen) atoms. The Morgan fingerprint density at radius 1 is 1.21 bits per heavy atom. The van der Waals surface area contributed by atoms with Gasteiger partial charge in [-0.25, -0.2) is 10.5 Å². The third-order valence-electron chi connectivity index (χ3n) is 5.67. The van der Waals surface area contributed by atoms with Crippen LogP contribution in [0.25, 0.3) is 6.08 Å². The van der Waals surface area contributed by atoms with E-state index >= 15 is 0 Å². The van der Waals surface area contributed by atoms with Gasteiger partial charge in [0.2, 0.25) is 0 Å².